The standard InChI is InChI=1S/C25H34FNO/c1-2-3-19-4-10-22(11-5-19)23-12-6-21(7-13-23)18-28-25-14-8-20(9-15-25)16-24(26)17-27/h4-5,10-11,16,20-21,23,25H,2-3,6-9,12-15,18H2,1H3/t20-,21-,23-,25-. The van der Waals surface area contributed by atoms with Crippen LogP contribution in [0, 0.1) is 23.2 Å². The molecule has 2 nitrogen and oxygen atoms in total. The van der Waals surface area contributed by atoms with E-state index < -0.39 is 5.83 Å². The van der Waals surface area contributed by atoms with E-state index in [2.05, 4.69) is 31.2 Å². The second kappa shape index (κ2) is 10.8. The molecule has 0 saturated heterocycles. The number of rotatable bonds is 7. The minimum atomic E-state index is -0.638. The van der Waals surface area contributed by atoms with E-state index in [0.717, 1.165) is 32.3 Å². The fourth-order valence-corrected chi connectivity index (χ4v) is 4.85. The predicted octanol–water partition coefficient (Wildman–Crippen LogP) is 6.87. The molecule has 2 aliphatic carbocycles. The van der Waals surface area contributed by atoms with Crippen LogP contribution in [0.1, 0.15) is 81.8 Å². The molecule has 0 aromatic heterocycles. The van der Waals surface area contributed by atoms with Gasteiger partial charge in [-0.15, -0.1) is 0 Å². The maximum absolute atomic E-state index is 13.1. The Hall–Kier alpha value is -1.66. The SMILES string of the molecule is CCCc1ccc([C@H]2CC[C@H](CO[C@H]3CC[C@H](C=C(F)C#N)CC3)CC2)cc1. The largest absolute Gasteiger partial charge is 0.378 e. The van der Waals surface area contributed by atoms with Crippen LogP contribution < -0.4 is 0 Å². The van der Waals surface area contributed by atoms with Crippen LogP contribution in [0.25, 0.3) is 0 Å². The highest BCUT2D eigenvalue weighted by molar-refractivity contribution is 5.26. The molecule has 0 spiro atoms. The third-order valence-electron chi connectivity index (χ3n) is 6.61. The van der Waals surface area contributed by atoms with E-state index in [-0.39, 0.29) is 5.92 Å². The van der Waals surface area contributed by atoms with Crippen LogP contribution in [0.4, 0.5) is 4.39 Å². The second-order valence-corrected chi connectivity index (χ2v) is 8.71. The molecular formula is C25H34FNO. The Bertz CT molecular complexity index is 659. The van der Waals surface area contributed by atoms with Crippen molar-refractivity contribution in [3.05, 3.63) is 47.3 Å². The molecule has 152 valence electrons. The normalized spacial score (nSPS) is 28.7. The molecule has 3 rings (SSSR count). The van der Waals surface area contributed by atoms with Crippen LogP contribution in [-0.2, 0) is 11.2 Å². The summed E-state index contributed by atoms with van der Waals surface area (Å²) in [4.78, 5) is 0. The van der Waals surface area contributed by atoms with Crippen molar-refractivity contribution in [2.75, 3.05) is 6.61 Å². The number of aryl methyl sites for hydroxylation is 1. The first kappa shape index (κ1) is 21.1. The summed E-state index contributed by atoms with van der Waals surface area (Å²) in [6.45, 7) is 3.11. The highest BCUT2D eigenvalue weighted by Gasteiger charge is 2.25. The van der Waals surface area contributed by atoms with Crippen molar-refractivity contribution in [3.63, 3.8) is 0 Å². The van der Waals surface area contributed by atoms with E-state index in [1.807, 2.05) is 0 Å². The van der Waals surface area contributed by atoms with Gasteiger partial charge in [-0.2, -0.15) is 9.65 Å². The van der Waals surface area contributed by atoms with Crippen molar-refractivity contribution in [1.82, 2.24) is 0 Å². The van der Waals surface area contributed by atoms with Gasteiger partial charge in [0.2, 0.25) is 0 Å². The van der Waals surface area contributed by atoms with Crippen LogP contribution in [0.2, 0.25) is 0 Å². The molecule has 0 N–H and O–H groups in total. The molecule has 0 amide bonds. The fraction of sp³-hybridized carbons (Fsp3) is 0.640. The summed E-state index contributed by atoms with van der Waals surface area (Å²) in [5.41, 5.74) is 2.96. The lowest BCUT2D eigenvalue weighted by Gasteiger charge is -2.32. The molecule has 0 radical (unpaired) electrons. The summed E-state index contributed by atoms with van der Waals surface area (Å²) in [6.07, 6.45) is 13.1. The third-order valence-corrected chi connectivity index (χ3v) is 6.61. The Labute approximate surface area is 169 Å². The minimum Gasteiger partial charge on any atom is -0.378 e. The lowest BCUT2D eigenvalue weighted by Crippen LogP contribution is -2.25. The molecule has 0 atom stereocenters. The third kappa shape index (κ3) is 6.17. The maximum atomic E-state index is 13.1. The van der Waals surface area contributed by atoms with E-state index in [1.54, 1.807) is 6.07 Å². The zero-order valence-corrected chi connectivity index (χ0v) is 17.2. The summed E-state index contributed by atoms with van der Waals surface area (Å²) in [6, 6.07) is 10.9. The Morgan fingerprint density at radius 3 is 2.36 bits per heavy atom. The fourth-order valence-electron chi connectivity index (χ4n) is 4.85. The first-order chi connectivity index (χ1) is 13.7. The zero-order chi connectivity index (χ0) is 19.8. The van der Waals surface area contributed by atoms with Gasteiger partial charge in [-0.05, 0) is 92.7 Å². The lowest BCUT2D eigenvalue weighted by molar-refractivity contribution is -0.00465. The Balaban J connectivity index is 1.35. The molecule has 2 fully saturated rings. The zero-order valence-electron chi connectivity index (χ0n) is 17.2. The number of halogens is 1. The average Bonchev–Trinajstić information content (AvgIpc) is 2.74. The number of nitrogens with zero attached hydrogens (tertiary/aromatic N) is 1. The maximum Gasteiger partial charge on any atom is 0.196 e. The number of nitriles is 1. The van der Waals surface area contributed by atoms with Gasteiger partial charge >= 0.3 is 0 Å². The van der Waals surface area contributed by atoms with E-state index >= 15 is 0 Å². The first-order valence-corrected chi connectivity index (χ1v) is 11.2. The number of hydrogen-bond acceptors (Lipinski definition) is 2. The molecule has 0 unspecified atom stereocenters. The average molecular weight is 384 g/mol. The van der Waals surface area contributed by atoms with E-state index in [0.29, 0.717) is 17.9 Å². The highest BCUT2D eigenvalue weighted by atomic mass is 19.1. The van der Waals surface area contributed by atoms with Crippen LogP contribution in [-0.4, -0.2) is 12.7 Å². The molecule has 2 saturated carbocycles. The van der Waals surface area contributed by atoms with Gasteiger partial charge in [0, 0.05) is 6.61 Å². The van der Waals surface area contributed by atoms with Gasteiger partial charge in [-0.3, -0.25) is 0 Å². The van der Waals surface area contributed by atoms with Crippen LogP contribution in [0.3, 0.4) is 0 Å². The topological polar surface area (TPSA) is 33.0 Å². The molecule has 2 aliphatic rings. The van der Waals surface area contributed by atoms with E-state index in [1.165, 1.54) is 55.7 Å². The highest BCUT2D eigenvalue weighted by Crippen LogP contribution is 2.37. The van der Waals surface area contributed by atoms with Gasteiger partial charge in [0.15, 0.2) is 5.83 Å². The number of ether oxygens (including phenoxy) is 1. The molecule has 0 aliphatic heterocycles. The van der Waals surface area contributed by atoms with Gasteiger partial charge in [0.05, 0.1) is 6.10 Å². The van der Waals surface area contributed by atoms with Crippen molar-refractivity contribution in [2.24, 2.45) is 11.8 Å². The van der Waals surface area contributed by atoms with Gasteiger partial charge < -0.3 is 4.74 Å². The van der Waals surface area contributed by atoms with Crippen molar-refractivity contribution in [3.8, 4) is 6.07 Å². The molecule has 1 aromatic rings. The summed E-state index contributed by atoms with van der Waals surface area (Å²) in [7, 11) is 0. The van der Waals surface area contributed by atoms with Crippen molar-refractivity contribution < 1.29 is 9.13 Å². The van der Waals surface area contributed by atoms with E-state index in [4.69, 9.17) is 10.00 Å². The minimum absolute atomic E-state index is 0.207. The number of allylic oxidation sites excluding steroid dienone is 2. The Morgan fingerprint density at radius 2 is 1.75 bits per heavy atom. The summed E-state index contributed by atoms with van der Waals surface area (Å²) in [5.74, 6) is 0.966. The lowest BCUT2D eigenvalue weighted by atomic mass is 9.79. The monoisotopic (exact) mass is 383 g/mol. The molecular weight excluding hydrogens is 349 g/mol. The molecule has 1 aromatic carbocycles. The first-order valence-electron chi connectivity index (χ1n) is 11.2. The molecule has 0 bridgehead atoms. The van der Waals surface area contributed by atoms with Gasteiger partial charge in [0.1, 0.15) is 6.07 Å². The predicted molar refractivity (Wildman–Crippen MR) is 112 cm³/mol. The number of benzene rings is 1. The Morgan fingerprint density at radius 1 is 1.07 bits per heavy atom. The summed E-state index contributed by atoms with van der Waals surface area (Å²) >= 11 is 0. The Kier molecular flexibility index (Phi) is 8.10. The van der Waals surface area contributed by atoms with Gasteiger partial charge in [0.25, 0.3) is 0 Å². The molecule has 0 heterocycles. The van der Waals surface area contributed by atoms with Crippen LogP contribution in [0.5, 0.6) is 0 Å². The van der Waals surface area contributed by atoms with Gasteiger partial charge in [-0.1, -0.05) is 37.6 Å². The summed E-state index contributed by atoms with van der Waals surface area (Å²) in [5, 5.41) is 8.55. The van der Waals surface area contributed by atoms with Crippen molar-refractivity contribution in [1.29, 1.82) is 5.26 Å². The second-order valence-electron chi connectivity index (χ2n) is 8.71. The summed E-state index contributed by atoms with van der Waals surface area (Å²) < 4.78 is 19.3. The smallest absolute Gasteiger partial charge is 0.196 e. The van der Waals surface area contributed by atoms with Crippen LogP contribution >= 0.6 is 0 Å². The van der Waals surface area contributed by atoms with Crippen molar-refractivity contribution >= 4 is 0 Å². The molecule has 28 heavy (non-hydrogen) atoms. The van der Waals surface area contributed by atoms with Crippen molar-refractivity contribution in [2.45, 2.75) is 83.2 Å². The van der Waals surface area contributed by atoms with E-state index in [9.17, 15) is 4.39 Å². The number of hydrogen-bond donors (Lipinski definition) is 0. The van der Waals surface area contributed by atoms with Crippen LogP contribution in [0.15, 0.2) is 36.2 Å². The molecule has 3 heteroatoms. The quantitative estimate of drug-likeness (QED) is 0.482. The van der Waals surface area contributed by atoms with Gasteiger partial charge in [-0.25, -0.2) is 0 Å².